The number of anilines is 2. The van der Waals surface area contributed by atoms with E-state index in [2.05, 4.69) is 44.1 Å². The molecule has 2 aromatic rings. The second-order valence-electron chi connectivity index (χ2n) is 10.3. The lowest BCUT2D eigenvalue weighted by molar-refractivity contribution is -0.133. The van der Waals surface area contributed by atoms with Crippen molar-refractivity contribution in [2.24, 2.45) is 0 Å². The Bertz CT molecular complexity index is 1050. The molecule has 1 saturated carbocycles. The molecule has 1 aromatic carbocycles. The van der Waals surface area contributed by atoms with Crippen molar-refractivity contribution < 1.29 is 9.53 Å². The van der Waals surface area contributed by atoms with E-state index in [1.807, 2.05) is 4.90 Å². The minimum Gasteiger partial charge on any atom is -0.379 e. The Morgan fingerprint density at radius 3 is 2.40 bits per heavy atom. The number of hydrogen-bond donors (Lipinski definition) is 1. The average molecular weight is 499 g/mol. The lowest BCUT2D eigenvalue weighted by Gasteiger charge is -2.42. The zero-order valence-corrected chi connectivity index (χ0v) is 21.1. The second kappa shape index (κ2) is 9.64. The monoisotopic (exact) mass is 498 g/mol. The minimum absolute atomic E-state index is 0.0771. The van der Waals surface area contributed by atoms with Crippen LogP contribution in [0.4, 0.5) is 11.5 Å². The van der Waals surface area contributed by atoms with E-state index in [4.69, 9.17) is 21.4 Å². The molecule has 1 aromatic heterocycles. The van der Waals surface area contributed by atoms with E-state index < -0.39 is 0 Å². The van der Waals surface area contributed by atoms with E-state index >= 15 is 0 Å². The molecule has 9 heteroatoms. The van der Waals surface area contributed by atoms with Crippen LogP contribution in [0.25, 0.3) is 0 Å². The number of halogens is 1. The quantitative estimate of drug-likeness (QED) is 0.684. The summed E-state index contributed by atoms with van der Waals surface area (Å²) in [6.07, 6.45) is 4.46. The maximum absolute atomic E-state index is 12.7. The molecule has 4 heterocycles. The first-order valence-electron chi connectivity index (χ1n) is 13.1. The SMILES string of the molecule is O=C(CN1CCOCC1)N1CCN(c2ccc(C3(c4nn5c(c4Cl)NCCC5)CCC3)cc2)CC1. The Labute approximate surface area is 212 Å². The highest BCUT2D eigenvalue weighted by Gasteiger charge is 2.45. The van der Waals surface area contributed by atoms with Gasteiger partial charge in [-0.2, -0.15) is 5.10 Å². The number of aromatic nitrogens is 2. The molecule has 3 fully saturated rings. The Hall–Kier alpha value is -2.29. The molecule has 0 atom stereocenters. The molecule has 0 unspecified atom stereocenters. The molecule has 0 radical (unpaired) electrons. The number of fused-ring (bicyclic) bond motifs is 1. The number of carbonyl (C=O) groups is 1. The van der Waals surface area contributed by atoms with Crippen LogP contribution in [0.2, 0.25) is 5.02 Å². The van der Waals surface area contributed by atoms with Crippen molar-refractivity contribution in [3.63, 3.8) is 0 Å². The second-order valence-corrected chi connectivity index (χ2v) is 10.6. The van der Waals surface area contributed by atoms with Gasteiger partial charge >= 0.3 is 0 Å². The number of amides is 1. The van der Waals surface area contributed by atoms with Gasteiger partial charge in [0, 0.05) is 63.5 Å². The van der Waals surface area contributed by atoms with Crippen LogP contribution in [0.1, 0.15) is 36.9 Å². The maximum atomic E-state index is 12.7. The Balaban J connectivity index is 1.11. The third kappa shape index (κ3) is 4.30. The highest BCUT2D eigenvalue weighted by molar-refractivity contribution is 6.33. The first kappa shape index (κ1) is 23.1. The zero-order chi connectivity index (χ0) is 23.8. The van der Waals surface area contributed by atoms with E-state index in [0.29, 0.717) is 6.54 Å². The highest BCUT2D eigenvalue weighted by atomic mass is 35.5. The Morgan fingerprint density at radius 1 is 1.00 bits per heavy atom. The van der Waals surface area contributed by atoms with Crippen LogP contribution in [0.5, 0.6) is 0 Å². The fourth-order valence-corrected chi connectivity index (χ4v) is 6.34. The van der Waals surface area contributed by atoms with Gasteiger partial charge in [-0.15, -0.1) is 0 Å². The molecule has 6 rings (SSSR count). The van der Waals surface area contributed by atoms with E-state index in [1.54, 1.807) is 0 Å². The molecule has 1 N–H and O–H groups in total. The topological polar surface area (TPSA) is 65.9 Å². The number of nitrogens with zero attached hydrogens (tertiary/aromatic N) is 5. The summed E-state index contributed by atoms with van der Waals surface area (Å²) in [6.45, 7) is 8.83. The van der Waals surface area contributed by atoms with Gasteiger partial charge in [-0.1, -0.05) is 30.2 Å². The molecule has 1 aliphatic carbocycles. The average Bonchev–Trinajstić information content (AvgIpc) is 3.21. The zero-order valence-electron chi connectivity index (χ0n) is 20.3. The van der Waals surface area contributed by atoms with Crippen molar-refractivity contribution in [2.75, 3.05) is 75.8 Å². The number of benzene rings is 1. The van der Waals surface area contributed by atoms with Crippen molar-refractivity contribution in [2.45, 2.75) is 37.6 Å². The number of morpholine rings is 1. The molecule has 0 bridgehead atoms. The van der Waals surface area contributed by atoms with Crippen LogP contribution in [-0.2, 0) is 21.5 Å². The van der Waals surface area contributed by atoms with E-state index in [1.165, 1.54) is 17.7 Å². The predicted octanol–water partition coefficient (Wildman–Crippen LogP) is 2.80. The van der Waals surface area contributed by atoms with Gasteiger partial charge < -0.3 is 19.9 Å². The molecule has 3 aliphatic heterocycles. The van der Waals surface area contributed by atoms with Crippen molar-refractivity contribution in [1.29, 1.82) is 0 Å². The van der Waals surface area contributed by atoms with Crippen molar-refractivity contribution >= 4 is 29.0 Å². The first-order valence-corrected chi connectivity index (χ1v) is 13.5. The number of hydrogen-bond acceptors (Lipinski definition) is 6. The summed E-state index contributed by atoms with van der Waals surface area (Å²) in [5, 5.41) is 9.20. The standard InChI is InChI=1S/C26H35ClN6O2/c27-23-24(29-33-10-2-9-28-25(23)33)26(7-1-8-26)20-3-5-21(6-4-20)31-11-13-32(14-12-31)22(34)19-30-15-17-35-18-16-30/h3-6,28H,1-2,7-19H2. The summed E-state index contributed by atoms with van der Waals surface area (Å²) in [7, 11) is 0. The van der Waals surface area contributed by atoms with Gasteiger partial charge in [-0.05, 0) is 37.0 Å². The number of aryl methyl sites for hydroxylation is 1. The number of piperazine rings is 1. The highest BCUT2D eigenvalue weighted by Crippen LogP contribution is 2.52. The Kier molecular flexibility index (Phi) is 6.37. The van der Waals surface area contributed by atoms with E-state index in [-0.39, 0.29) is 11.3 Å². The summed E-state index contributed by atoms with van der Waals surface area (Å²) >= 11 is 6.85. The lowest BCUT2D eigenvalue weighted by atomic mass is 9.62. The number of nitrogens with one attached hydrogen (secondary N) is 1. The largest absolute Gasteiger partial charge is 0.379 e. The maximum Gasteiger partial charge on any atom is 0.236 e. The van der Waals surface area contributed by atoms with Crippen LogP contribution in [0, 0.1) is 0 Å². The van der Waals surface area contributed by atoms with Crippen LogP contribution in [0.3, 0.4) is 0 Å². The number of ether oxygens (including phenoxy) is 1. The summed E-state index contributed by atoms with van der Waals surface area (Å²) in [4.78, 5) is 19.3. The minimum atomic E-state index is -0.0771. The molecule has 8 nitrogen and oxygen atoms in total. The molecule has 1 amide bonds. The van der Waals surface area contributed by atoms with Crippen molar-refractivity contribution in [3.05, 3.63) is 40.5 Å². The first-order chi connectivity index (χ1) is 17.1. The molecular weight excluding hydrogens is 464 g/mol. The summed E-state index contributed by atoms with van der Waals surface area (Å²) < 4.78 is 7.44. The normalized spacial score (nSPS) is 22.3. The summed E-state index contributed by atoms with van der Waals surface area (Å²) in [5.74, 6) is 1.22. The molecule has 4 aliphatic rings. The van der Waals surface area contributed by atoms with Crippen LogP contribution in [-0.4, -0.2) is 91.1 Å². The van der Waals surface area contributed by atoms with E-state index in [9.17, 15) is 4.79 Å². The van der Waals surface area contributed by atoms with Crippen molar-refractivity contribution in [3.8, 4) is 0 Å². The third-order valence-electron chi connectivity index (χ3n) is 8.27. The van der Waals surface area contributed by atoms with Crippen LogP contribution < -0.4 is 10.2 Å². The smallest absolute Gasteiger partial charge is 0.236 e. The predicted molar refractivity (Wildman–Crippen MR) is 137 cm³/mol. The van der Waals surface area contributed by atoms with Gasteiger partial charge in [-0.3, -0.25) is 9.69 Å². The molecular formula is C26H35ClN6O2. The van der Waals surface area contributed by atoms with Gasteiger partial charge in [0.05, 0.1) is 25.5 Å². The van der Waals surface area contributed by atoms with Gasteiger partial charge in [0.15, 0.2) is 0 Å². The van der Waals surface area contributed by atoms with Crippen molar-refractivity contribution in [1.82, 2.24) is 19.6 Å². The summed E-state index contributed by atoms with van der Waals surface area (Å²) in [6, 6.07) is 9.02. The molecule has 0 spiro atoms. The molecule has 2 saturated heterocycles. The third-order valence-corrected chi connectivity index (χ3v) is 8.63. The van der Waals surface area contributed by atoms with Gasteiger partial charge in [0.1, 0.15) is 10.8 Å². The van der Waals surface area contributed by atoms with Gasteiger partial charge in [-0.25, -0.2) is 4.68 Å². The summed E-state index contributed by atoms with van der Waals surface area (Å²) in [5.41, 5.74) is 3.49. The Morgan fingerprint density at radius 2 is 1.74 bits per heavy atom. The number of carbonyl (C=O) groups excluding carboxylic acids is 1. The molecule has 35 heavy (non-hydrogen) atoms. The van der Waals surface area contributed by atoms with Gasteiger partial charge in [0.25, 0.3) is 0 Å². The van der Waals surface area contributed by atoms with Crippen LogP contribution >= 0.6 is 11.6 Å². The fraction of sp³-hybridized carbons (Fsp3) is 0.615. The number of rotatable bonds is 5. The van der Waals surface area contributed by atoms with Gasteiger partial charge in [0.2, 0.25) is 5.91 Å². The lowest BCUT2D eigenvalue weighted by Crippen LogP contribution is -2.52. The fourth-order valence-electron chi connectivity index (χ4n) is 5.96. The molecule has 188 valence electrons. The van der Waals surface area contributed by atoms with Crippen LogP contribution in [0.15, 0.2) is 24.3 Å². The van der Waals surface area contributed by atoms with E-state index in [0.717, 1.165) is 101 Å².